The molecule has 0 spiro atoms. The van der Waals surface area contributed by atoms with Crippen LogP contribution in [0.2, 0.25) is 0 Å². The van der Waals surface area contributed by atoms with Crippen LogP contribution in [-0.2, 0) is 4.79 Å². The van der Waals surface area contributed by atoms with Crippen molar-refractivity contribution in [1.82, 2.24) is 5.32 Å². The van der Waals surface area contributed by atoms with E-state index in [-0.39, 0.29) is 11.9 Å². The van der Waals surface area contributed by atoms with Crippen LogP contribution in [0.5, 0.6) is 0 Å². The summed E-state index contributed by atoms with van der Waals surface area (Å²) in [7, 11) is 0. The second kappa shape index (κ2) is 1.52. The second-order valence-electron chi connectivity index (χ2n) is 1.80. The van der Waals surface area contributed by atoms with Crippen LogP contribution in [-0.4, -0.2) is 11.9 Å². The molecule has 1 saturated heterocycles. The molecule has 1 aliphatic rings. The van der Waals surface area contributed by atoms with Gasteiger partial charge in [-0.15, -0.1) is 0 Å². The molecule has 1 aliphatic heterocycles. The van der Waals surface area contributed by atoms with Gasteiger partial charge < -0.3 is 5.32 Å². The van der Waals surface area contributed by atoms with Crippen molar-refractivity contribution in [3.8, 4) is 0 Å². The molecule has 1 radical (unpaired) electrons. The molecule has 1 fully saturated rings. The maximum atomic E-state index is 10.3. The fourth-order valence-corrected chi connectivity index (χ4v) is 0.677. The maximum Gasteiger partial charge on any atom is 0.220 e. The number of rotatable bonds is 0. The zero-order valence-electron chi connectivity index (χ0n) is 4.11. The smallest absolute Gasteiger partial charge is 0.220 e. The van der Waals surface area contributed by atoms with Gasteiger partial charge in [0.05, 0.1) is 0 Å². The van der Waals surface area contributed by atoms with Gasteiger partial charge in [-0.25, -0.2) is 0 Å². The minimum absolute atomic E-state index is 0.139. The van der Waals surface area contributed by atoms with Gasteiger partial charge in [0.1, 0.15) is 0 Å². The van der Waals surface area contributed by atoms with Crippen molar-refractivity contribution in [2.24, 2.45) is 0 Å². The number of hydrogen-bond acceptors (Lipinski definition) is 1. The van der Waals surface area contributed by atoms with Crippen LogP contribution in [0.1, 0.15) is 12.8 Å². The van der Waals surface area contributed by atoms with Crippen molar-refractivity contribution in [1.29, 1.82) is 0 Å². The van der Waals surface area contributed by atoms with Crippen molar-refractivity contribution in [3.05, 3.63) is 6.92 Å². The molecule has 2 nitrogen and oxygen atoms in total. The van der Waals surface area contributed by atoms with Gasteiger partial charge in [-0.05, 0) is 13.3 Å². The molecule has 0 unspecified atom stereocenters. The minimum atomic E-state index is 0.139. The van der Waals surface area contributed by atoms with Crippen LogP contribution in [0.3, 0.4) is 0 Å². The van der Waals surface area contributed by atoms with Gasteiger partial charge in [-0.1, -0.05) is 0 Å². The highest BCUT2D eigenvalue weighted by Gasteiger charge is 2.14. The predicted octanol–water partition coefficient (Wildman–Crippen LogP) is 0.0991. The normalized spacial score (nSPS) is 30.4. The molecule has 0 aromatic heterocycles. The van der Waals surface area contributed by atoms with Crippen molar-refractivity contribution < 1.29 is 4.79 Å². The average molecular weight is 98.1 g/mol. The van der Waals surface area contributed by atoms with Gasteiger partial charge in [0.25, 0.3) is 0 Å². The topological polar surface area (TPSA) is 29.1 Å². The number of carbonyl (C=O) groups excluding carboxylic acids is 1. The third kappa shape index (κ3) is 0.918. The van der Waals surface area contributed by atoms with Crippen LogP contribution in [0.15, 0.2) is 0 Å². The van der Waals surface area contributed by atoms with E-state index in [1.54, 1.807) is 0 Å². The van der Waals surface area contributed by atoms with E-state index in [2.05, 4.69) is 12.2 Å². The quantitative estimate of drug-likeness (QED) is 0.457. The van der Waals surface area contributed by atoms with Gasteiger partial charge >= 0.3 is 0 Å². The molecule has 1 atom stereocenters. The SMILES string of the molecule is [CH2][C@H]1CCC(=O)N1. The van der Waals surface area contributed by atoms with E-state index < -0.39 is 0 Å². The Hall–Kier alpha value is -0.530. The molecule has 7 heavy (non-hydrogen) atoms. The fourth-order valence-electron chi connectivity index (χ4n) is 0.677. The molecule has 0 saturated carbocycles. The zero-order chi connectivity index (χ0) is 5.28. The largest absolute Gasteiger partial charge is 0.353 e. The van der Waals surface area contributed by atoms with Gasteiger partial charge in [-0.2, -0.15) is 0 Å². The Morgan fingerprint density at radius 1 is 1.86 bits per heavy atom. The Balaban J connectivity index is 2.40. The number of hydrogen-bond donors (Lipinski definition) is 1. The first-order valence-corrected chi connectivity index (χ1v) is 2.41. The van der Waals surface area contributed by atoms with Crippen LogP contribution >= 0.6 is 0 Å². The molecule has 1 amide bonds. The highest BCUT2D eigenvalue weighted by Crippen LogP contribution is 2.03. The Bertz CT molecular complexity index is 90.1. The van der Waals surface area contributed by atoms with E-state index in [1.165, 1.54) is 0 Å². The standard InChI is InChI=1S/C5H8NO/c1-4-2-3-5(7)6-4/h4H,1-3H2,(H,6,7)/t4-/m0/s1. The van der Waals surface area contributed by atoms with E-state index in [9.17, 15) is 4.79 Å². The Morgan fingerprint density at radius 3 is 2.71 bits per heavy atom. The number of nitrogens with one attached hydrogen (secondary N) is 1. The highest BCUT2D eigenvalue weighted by atomic mass is 16.1. The Kier molecular flexibility index (Phi) is 1.01. The Labute approximate surface area is 42.9 Å². The predicted molar refractivity (Wildman–Crippen MR) is 26.5 cm³/mol. The molecule has 0 aromatic rings. The van der Waals surface area contributed by atoms with Crippen LogP contribution in [0.4, 0.5) is 0 Å². The molecule has 0 aliphatic carbocycles. The van der Waals surface area contributed by atoms with Crippen molar-refractivity contribution in [2.75, 3.05) is 0 Å². The number of amides is 1. The molecule has 1 heterocycles. The summed E-state index contributed by atoms with van der Waals surface area (Å²) in [6, 6.07) is 0.174. The first-order chi connectivity index (χ1) is 3.29. The highest BCUT2D eigenvalue weighted by molar-refractivity contribution is 5.78. The summed E-state index contributed by atoms with van der Waals surface area (Å²) in [6.07, 6.45) is 1.56. The van der Waals surface area contributed by atoms with Gasteiger partial charge in [0.15, 0.2) is 0 Å². The fraction of sp³-hybridized carbons (Fsp3) is 0.600. The summed E-state index contributed by atoms with van der Waals surface area (Å²) in [4.78, 5) is 10.3. The lowest BCUT2D eigenvalue weighted by atomic mass is 10.3. The lowest BCUT2D eigenvalue weighted by molar-refractivity contribution is -0.119. The van der Waals surface area contributed by atoms with Crippen molar-refractivity contribution in [2.45, 2.75) is 18.9 Å². The van der Waals surface area contributed by atoms with Gasteiger partial charge in [0.2, 0.25) is 5.91 Å². The molecular formula is C5H8NO. The van der Waals surface area contributed by atoms with Crippen molar-refractivity contribution >= 4 is 5.91 Å². The van der Waals surface area contributed by atoms with E-state index in [0.717, 1.165) is 6.42 Å². The molecule has 39 valence electrons. The van der Waals surface area contributed by atoms with E-state index in [0.29, 0.717) is 6.42 Å². The molecule has 0 aromatic carbocycles. The van der Waals surface area contributed by atoms with Crippen LogP contribution in [0, 0.1) is 6.92 Å². The zero-order valence-corrected chi connectivity index (χ0v) is 4.11. The Morgan fingerprint density at radius 2 is 2.57 bits per heavy atom. The number of carbonyl (C=O) groups is 1. The van der Waals surface area contributed by atoms with Gasteiger partial charge in [-0.3, -0.25) is 4.79 Å². The second-order valence-corrected chi connectivity index (χ2v) is 1.80. The lowest BCUT2D eigenvalue weighted by Crippen LogP contribution is -2.21. The molecule has 1 N–H and O–H groups in total. The molecular weight excluding hydrogens is 90.1 g/mol. The first kappa shape index (κ1) is 4.62. The minimum Gasteiger partial charge on any atom is -0.353 e. The third-order valence-corrected chi connectivity index (χ3v) is 1.08. The molecule has 1 rings (SSSR count). The van der Waals surface area contributed by atoms with Crippen LogP contribution < -0.4 is 5.32 Å². The summed E-state index contributed by atoms with van der Waals surface area (Å²) in [5, 5.41) is 2.67. The summed E-state index contributed by atoms with van der Waals surface area (Å²) >= 11 is 0. The van der Waals surface area contributed by atoms with Crippen LogP contribution in [0.25, 0.3) is 0 Å². The third-order valence-electron chi connectivity index (χ3n) is 1.08. The van der Waals surface area contributed by atoms with Crippen molar-refractivity contribution in [3.63, 3.8) is 0 Å². The monoisotopic (exact) mass is 98.1 g/mol. The van der Waals surface area contributed by atoms with Gasteiger partial charge in [0, 0.05) is 12.5 Å². The first-order valence-electron chi connectivity index (χ1n) is 2.41. The maximum absolute atomic E-state index is 10.3. The van der Waals surface area contributed by atoms with E-state index in [4.69, 9.17) is 0 Å². The summed E-state index contributed by atoms with van der Waals surface area (Å²) in [5.41, 5.74) is 0. The van der Waals surface area contributed by atoms with E-state index in [1.807, 2.05) is 0 Å². The summed E-state index contributed by atoms with van der Waals surface area (Å²) in [5.74, 6) is 0.139. The lowest BCUT2D eigenvalue weighted by Gasteiger charge is -1.95. The van der Waals surface area contributed by atoms with E-state index >= 15 is 0 Å². The average Bonchev–Trinajstić information content (AvgIpc) is 1.87. The summed E-state index contributed by atoms with van der Waals surface area (Å²) < 4.78 is 0. The summed E-state index contributed by atoms with van der Waals surface area (Å²) in [6.45, 7) is 3.66. The molecule has 2 heteroatoms. The molecule has 0 bridgehead atoms.